The highest BCUT2D eigenvalue weighted by Gasteiger charge is 2.19. The van der Waals surface area contributed by atoms with Gasteiger partial charge in [-0.05, 0) is 89.9 Å². The number of carbonyl (C=O) groups excluding carboxylic acids is 3. The summed E-state index contributed by atoms with van der Waals surface area (Å²) in [5.41, 5.74) is 0. The molecule has 0 amide bonds. The molecule has 6 nitrogen and oxygen atoms in total. The largest absolute Gasteiger partial charge is 0.462 e. The maximum absolute atomic E-state index is 12.8. The van der Waals surface area contributed by atoms with Gasteiger partial charge in [0.1, 0.15) is 13.2 Å². The Bertz CT molecular complexity index is 1290. The quantitative estimate of drug-likeness (QED) is 0.0261. The normalized spacial score (nSPS) is 12.4. The van der Waals surface area contributed by atoms with Gasteiger partial charge in [-0.2, -0.15) is 0 Å². The zero-order valence-electron chi connectivity index (χ0n) is 47.9. The molecule has 0 saturated heterocycles. The number of rotatable bonds is 57. The van der Waals surface area contributed by atoms with E-state index in [-0.39, 0.29) is 31.1 Å². The van der Waals surface area contributed by atoms with Crippen LogP contribution in [0.2, 0.25) is 0 Å². The van der Waals surface area contributed by atoms with Crippen LogP contribution in [0, 0.1) is 0 Å². The molecule has 0 spiro atoms. The van der Waals surface area contributed by atoms with E-state index in [0.29, 0.717) is 19.3 Å². The van der Waals surface area contributed by atoms with Crippen LogP contribution in [0.4, 0.5) is 0 Å². The molecule has 0 heterocycles. The minimum absolute atomic E-state index is 0.0748. The summed E-state index contributed by atoms with van der Waals surface area (Å²) in [6.45, 7) is 6.59. The second-order valence-corrected chi connectivity index (χ2v) is 21.0. The van der Waals surface area contributed by atoms with E-state index in [2.05, 4.69) is 81.5 Å². The van der Waals surface area contributed by atoms with Gasteiger partial charge in [0.15, 0.2) is 6.10 Å². The third-order valence-electron chi connectivity index (χ3n) is 13.7. The van der Waals surface area contributed by atoms with Gasteiger partial charge in [0, 0.05) is 19.3 Å². The molecule has 418 valence electrons. The molecule has 0 aromatic heterocycles. The van der Waals surface area contributed by atoms with Crippen LogP contribution in [-0.4, -0.2) is 37.2 Å². The molecule has 0 aliphatic rings. The Hall–Kier alpha value is -2.89. The lowest BCUT2D eigenvalue weighted by atomic mass is 10.0. The van der Waals surface area contributed by atoms with Crippen molar-refractivity contribution in [2.75, 3.05) is 13.2 Å². The predicted molar refractivity (Wildman–Crippen MR) is 312 cm³/mol. The second kappa shape index (κ2) is 60.7. The predicted octanol–water partition coefficient (Wildman–Crippen LogP) is 21.2. The molecule has 0 aromatic rings. The SMILES string of the molecule is CCCCCCC/C=C\C/C=C\C/C=C\CCCCCCCCCCCCC(=O)OCC(COC(=O)CCCCCCCC)OC(=O)CCCCCCCCCCCCC/C=C\C/C=C\CCCCCCC. The Morgan fingerprint density at radius 3 is 0.778 bits per heavy atom. The van der Waals surface area contributed by atoms with E-state index >= 15 is 0 Å². The Morgan fingerprint density at radius 2 is 0.500 bits per heavy atom. The van der Waals surface area contributed by atoms with Crippen molar-refractivity contribution in [2.45, 2.75) is 329 Å². The van der Waals surface area contributed by atoms with Crippen LogP contribution in [-0.2, 0) is 28.6 Å². The molecule has 0 aliphatic carbocycles. The lowest BCUT2D eigenvalue weighted by molar-refractivity contribution is -0.167. The first kappa shape index (κ1) is 69.1. The van der Waals surface area contributed by atoms with Gasteiger partial charge in [-0.1, -0.05) is 274 Å². The van der Waals surface area contributed by atoms with Gasteiger partial charge in [0.05, 0.1) is 0 Å². The summed E-state index contributed by atoms with van der Waals surface area (Å²) in [5.74, 6) is -0.877. The molecule has 0 fully saturated rings. The van der Waals surface area contributed by atoms with E-state index in [9.17, 15) is 14.4 Å². The number of hydrogen-bond donors (Lipinski definition) is 0. The summed E-state index contributed by atoms with van der Waals surface area (Å²) >= 11 is 0. The Kier molecular flexibility index (Phi) is 58.2. The number of carbonyl (C=O) groups is 3. The van der Waals surface area contributed by atoms with Crippen molar-refractivity contribution in [1.29, 1.82) is 0 Å². The van der Waals surface area contributed by atoms with E-state index in [1.807, 2.05) is 0 Å². The molecule has 0 aromatic carbocycles. The third-order valence-corrected chi connectivity index (χ3v) is 13.7. The summed E-state index contributed by atoms with van der Waals surface area (Å²) in [4.78, 5) is 38.0. The minimum Gasteiger partial charge on any atom is -0.462 e. The van der Waals surface area contributed by atoms with Crippen molar-refractivity contribution in [3.63, 3.8) is 0 Å². The zero-order valence-corrected chi connectivity index (χ0v) is 47.9. The highest BCUT2D eigenvalue weighted by molar-refractivity contribution is 5.71. The van der Waals surface area contributed by atoms with Crippen LogP contribution in [0.1, 0.15) is 323 Å². The van der Waals surface area contributed by atoms with Crippen LogP contribution in [0.3, 0.4) is 0 Å². The van der Waals surface area contributed by atoms with Gasteiger partial charge in [0.25, 0.3) is 0 Å². The van der Waals surface area contributed by atoms with Crippen molar-refractivity contribution < 1.29 is 28.6 Å². The molecular formula is C66H118O6. The van der Waals surface area contributed by atoms with Crippen LogP contribution in [0.5, 0.6) is 0 Å². The maximum Gasteiger partial charge on any atom is 0.306 e. The molecule has 0 saturated carbocycles. The molecule has 1 atom stereocenters. The van der Waals surface area contributed by atoms with Crippen LogP contribution >= 0.6 is 0 Å². The summed E-state index contributed by atoms with van der Waals surface area (Å²) in [6.07, 6.45) is 76.8. The first-order chi connectivity index (χ1) is 35.5. The number of unbranched alkanes of at least 4 members (excludes halogenated alkanes) is 36. The van der Waals surface area contributed by atoms with E-state index < -0.39 is 6.10 Å². The highest BCUT2D eigenvalue weighted by atomic mass is 16.6. The minimum atomic E-state index is -0.774. The molecule has 6 heteroatoms. The molecule has 0 radical (unpaired) electrons. The van der Waals surface area contributed by atoms with Gasteiger partial charge in [-0.3, -0.25) is 14.4 Å². The number of hydrogen-bond acceptors (Lipinski definition) is 6. The van der Waals surface area contributed by atoms with E-state index in [1.165, 1.54) is 205 Å². The Morgan fingerprint density at radius 1 is 0.278 bits per heavy atom. The monoisotopic (exact) mass is 1010 g/mol. The van der Waals surface area contributed by atoms with Crippen LogP contribution in [0.25, 0.3) is 0 Å². The fourth-order valence-corrected chi connectivity index (χ4v) is 9.01. The first-order valence-corrected chi connectivity index (χ1v) is 31.3. The zero-order chi connectivity index (χ0) is 52.2. The van der Waals surface area contributed by atoms with Gasteiger partial charge < -0.3 is 14.2 Å². The maximum atomic E-state index is 12.8. The Balaban J connectivity index is 4.10. The Labute approximate surface area is 447 Å². The van der Waals surface area contributed by atoms with Crippen molar-refractivity contribution in [3.8, 4) is 0 Å². The molecule has 0 rings (SSSR count). The van der Waals surface area contributed by atoms with Crippen molar-refractivity contribution >= 4 is 17.9 Å². The fraction of sp³-hybridized carbons (Fsp3) is 0.803. The fourth-order valence-electron chi connectivity index (χ4n) is 9.01. The summed E-state index contributed by atoms with van der Waals surface area (Å²) in [7, 11) is 0. The first-order valence-electron chi connectivity index (χ1n) is 31.3. The molecule has 0 N–H and O–H groups in total. The third kappa shape index (κ3) is 58.0. The summed E-state index contributed by atoms with van der Waals surface area (Å²) in [6, 6.07) is 0. The topological polar surface area (TPSA) is 78.9 Å². The van der Waals surface area contributed by atoms with Gasteiger partial charge >= 0.3 is 17.9 Å². The second-order valence-electron chi connectivity index (χ2n) is 21.0. The van der Waals surface area contributed by atoms with Crippen LogP contribution < -0.4 is 0 Å². The lowest BCUT2D eigenvalue weighted by Gasteiger charge is -2.18. The molecular weight excluding hydrogens is 889 g/mol. The van der Waals surface area contributed by atoms with Crippen molar-refractivity contribution in [3.05, 3.63) is 60.8 Å². The lowest BCUT2D eigenvalue weighted by Crippen LogP contribution is -2.30. The number of allylic oxidation sites excluding steroid dienone is 10. The van der Waals surface area contributed by atoms with E-state index in [1.54, 1.807) is 0 Å². The molecule has 0 bridgehead atoms. The van der Waals surface area contributed by atoms with Crippen molar-refractivity contribution in [1.82, 2.24) is 0 Å². The molecule has 0 aliphatic heterocycles. The average Bonchev–Trinajstić information content (AvgIpc) is 3.38. The smallest absolute Gasteiger partial charge is 0.306 e. The van der Waals surface area contributed by atoms with Crippen LogP contribution in [0.15, 0.2) is 60.8 Å². The van der Waals surface area contributed by atoms with E-state index in [0.717, 1.165) is 77.0 Å². The van der Waals surface area contributed by atoms with E-state index in [4.69, 9.17) is 14.2 Å². The average molecular weight is 1010 g/mol. The van der Waals surface area contributed by atoms with Gasteiger partial charge in [0.2, 0.25) is 0 Å². The number of esters is 3. The van der Waals surface area contributed by atoms with Crippen molar-refractivity contribution in [2.24, 2.45) is 0 Å². The van der Waals surface area contributed by atoms with Gasteiger partial charge in [-0.25, -0.2) is 0 Å². The summed E-state index contributed by atoms with van der Waals surface area (Å²) < 4.78 is 16.8. The van der Waals surface area contributed by atoms with Gasteiger partial charge in [-0.15, -0.1) is 0 Å². The molecule has 1 unspecified atom stereocenters. The molecule has 72 heavy (non-hydrogen) atoms. The number of ether oxygens (including phenoxy) is 3. The standard InChI is InChI=1S/C66H118O6/c1-4-7-10-13-16-18-20-22-24-26-28-30-32-33-35-36-38-40-42-44-46-48-50-53-56-59-65(68)71-62-63(61-70-64(67)58-55-52-15-12-9-6-3)72-66(69)60-57-54-51-49-47-45-43-41-39-37-34-31-29-27-25-23-21-19-17-14-11-8-5-2/h20-23,26-29,32-33,63H,4-19,24-25,30-31,34-62H2,1-3H3/b22-20-,23-21-,28-26-,29-27-,33-32-. The highest BCUT2D eigenvalue weighted by Crippen LogP contribution is 2.16. The summed E-state index contributed by atoms with van der Waals surface area (Å²) in [5, 5.41) is 0.